The van der Waals surface area contributed by atoms with E-state index >= 15 is 0 Å². The van der Waals surface area contributed by atoms with Crippen molar-refractivity contribution in [3.63, 3.8) is 0 Å². The number of halogens is 1. The van der Waals surface area contributed by atoms with Gasteiger partial charge in [0.05, 0.1) is 10.6 Å². The van der Waals surface area contributed by atoms with Crippen LogP contribution in [0.2, 0.25) is 0 Å². The highest BCUT2D eigenvalue weighted by molar-refractivity contribution is 9.10. The number of hydrogen-bond donors (Lipinski definition) is 3. The predicted octanol–water partition coefficient (Wildman–Crippen LogP) is 2.73. The van der Waals surface area contributed by atoms with Crippen LogP contribution in [-0.4, -0.2) is 47.0 Å². The van der Waals surface area contributed by atoms with Crippen molar-refractivity contribution in [3.05, 3.63) is 0 Å². The zero-order chi connectivity index (χ0) is 21.2. The van der Waals surface area contributed by atoms with E-state index in [9.17, 15) is 18.0 Å². The van der Waals surface area contributed by atoms with Crippen molar-refractivity contribution in [2.45, 2.75) is 58.2 Å². The summed E-state index contributed by atoms with van der Waals surface area (Å²) in [6.07, 6.45) is 2.66. The lowest BCUT2D eigenvalue weighted by Gasteiger charge is -2.35. The molecule has 4 N–H and O–H groups in total. The van der Waals surface area contributed by atoms with Gasteiger partial charge in [-0.3, -0.25) is 14.1 Å². The van der Waals surface area contributed by atoms with Gasteiger partial charge in [-0.2, -0.15) is 8.42 Å². The van der Waals surface area contributed by atoms with Gasteiger partial charge in [0, 0.05) is 17.3 Å². The lowest BCUT2D eigenvalue weighted by molar-refractivity contribution is -0.138. The minimum atomic E-state index is -4.05. The summed E-state index contributed by atoms with van der Waals surface area (Å²) in [7, 11) is -4.05. The molecule has 4 unspecified atom stereocenters. The van der Waals surface area contributed by atoms with E-state index in [1.165, 1.54) is 0 Å². The van der Waals surface area contributed by atoms with Crippen molar-refractivity contribution >= 4 is 37.8 Å². The minimum absolute atomic E-state index is 0.00641. The lowest BCUT2D eigenvalue weighted by atomic mass is 9.70. The molecule has 0 spiro atoms. The average molecular weight is 470 g/mol. The van der Waals surface area contributed by atoms with Crippen molar-refractivity contribution in [1.82, 2.24) is 0 Å². The zero-order valence-electron chi connectivity index (χ0n) is 16.4. The Kier molecular flexibility index (Phi) is 8.07. The molecule has 2 rings (SSSR count). The standard InChI is InChI=1S/C10H15BrO4S.C8H17NO2/c1-9-4-3-6(7(11)8(9)12)10(9,2)5-16(13,14)15;1-6(2)3-7(5-9)4-8(10)11/h6-7H,3-5H2,1-2H3,(H,13,14,15);6-7H,3-5,9H2,1-2H3,(H,10,11)/t;7-/m.0/s1. The third-order valence-electron chi connectivity index (χ3n) is 6.27. The van der Waals surface area contributed by atoms with Gasteiger partial charge < -0.3 is 10.8 Å². The maximum absolute atomic E-state index is 12.1. The van der Waals surface area contributed by atoms with Gasteiger partial charge in [-0.25, -0.2) is 0 Å². The third kappa shape index (κ3) is 5.52. The van der Waals surface area contributed by atoms with Crippen LogP contribution >= 0.6 is 15.9 Å². The quantitative estimate of drug-likeness (QED) is 0.385. The molecule has 9 heteroatoms. The van der Waals surface area contributed by atoms with Crippen molar-refractivity contribution in [3.8, 4) is 0 Å². The Labute approximate surface area is 170 Å². The molecular formula is C18H32BrNO6S. The van der Waals surface area contributed by atoms with Gasteiger partial charge in [0.15, 0.2) is 5.78 Å². The number of carboxylic acid groups (broad SMARTS) is 1. The normalized spacial score (nSPS) is 33.7. The number of alkyl halides is 1. The summed E-state index contributed by atoms with van der Waals surface area (Å²) < 4.78 is 31.2. The summed E-state index contributed by atoms with van der Waals surface area (Å²) in [4.78, 5) is 22.1. The van der Waals surface area contributed by atoms with E-state index in [-0.39, 0.29) is 34.6 Å². The molecule has 27 heavy (non-hydrogen) atoms. The summed E-state index contributed by atoms with van der Waals surface area (Å²) in [5.74, 6) is -0.312. The number of Topliss-reactive ketones (excluding diaryl/α,β-unsaturated/α-hetero) is 1. The van der Waals surface area contributed by atoms with Gasteiger partial charge in [0.2, 0.25) is 0 Å². The average Bonchev–Trinajstić information content (AvgIpc) is 2.80. The first-order valence-corrected chi connectivity index (χ1v) is 11.8. The van der Waals surface area contributed by atoms with Crippen molar-refractivity contribution in [1.29, 1.82) is 0 Å². The van der Waals surface area contributed by atoms with Crippen LogP contribution in [0.4, 0.5) is 0 Å². The van der Waals surface area contributed by atoms with Gasteiger partial charge in [0.25, 0.3) is 10.1 Å². The maximum atomic E-state index is 12.1. The molecule has 2 aliphatic carbocycles. The van der Waals surface area contributed by atoms with E-state index in [1.54, 1.807) is 6.92 Å². The number of carboxylic acids is 1. The molecule has 2 aliphatic rings. The molecule has 2 fully saturated rings. The fraction of sp³-hybridized carbons (Fsp3) is 0.889. The highest BCUT2D eigenvalue weighted by atomic mass is 79.9. The molecule has 0 aromatic carbocycles. The summed E-state index contributed by atoms with van der Waals surface area (Å²) >= 11 is 3.35. The summed E-state index contributed by atoms with van der Waals surface area (Å²) in [5, 5.41) is 8.47. The van der Waals surface area contributed by atoms with Gasteiger partial charge in [0.1, 0.15) is 0 Å². The fourth-order valence-corrected chi connectivity index (χ4v) is 7.28. The summed E-state index contributed by atoms with van der Waals surface area (Å²) in [5.41, 5.74) is 4.14. The molecule has 2 saturated carbocycles. The van der Waals surface area contributed by atoms with E-state index in [4.69, 9.17) is 15.4 Å². The van der Waals surface area contributed by atoms with Crippen molar-refractivity contribution < 1.29 is 27.7 Å². The molecule has 0 aliphatic heterocycles. The molecule has 0 aromatic heterocycles. The number of ketones is 1. The van der Waals surface area contributed by atoms with Crippen LogP contribution in [0.15, 0.2) is 0 Å². The highest BCUT2D eigenvalue weighted by Gasteiger charge is 2.68. The summed E-state index contributed by atoms with van der Waals surface area (Å²) in [6, 6.07) is 0. The first kappa shape index (κ1) is 24.5. The second-order valence-electron chi connectivity index (χ2n) is 8.72. The van der Waals surface area contributed by atoms with Crippen LogP contribution in [0.5, 0.6) is 0 Å². The highest BCUT2D eigenvalue weighted by Crippen LogP contribution is 2.65. The van der Waals surface area contributed by atoms with Gasteiger partial charge >= 0.3 is 5.97 Å². The van der Waals surface area contributed by atoms with Crippen LogP contribution in [0.3, 0.4) is 0 Å². The van der Waals surface area contributed by atoms with E-state index in [1.807, 2.05) is 6.92 Å². The molecule has 0 amide bonds. The Morgan fingerprint density at radius 2 is 1.93 bits per heavy atom. The number of fused-ring (bicyclic) bond motifs is 2. The first-order valence-electron chi connectivity index (χ1n) is 9.23. The minimum Gasteiger partial charge on any atom is -0.481 e. The molecular weight excluding hydrogens is 438 g/mol. The first-order chi connectivity index (χ1) is 12.2. The van der Waals surface area contributed by atoms with Crippen LogP contribution in [0.1, 0.15) is 53.4 Å². The lowest BCUT2D eigenvalue weighted by Crippen LogP contribution is -2.40. The number of carbonyl (C=O) groups excluding carboxylic acids is 1. The Morgan fingerprint density at radius 3 is 2.26 bits per heavy atom. The van der Waals surface area contributed by atoms with E-state index < -0.39 is 26.9 Å². The topological polar surface area (TPSA) is 135 Å². The Balaban J connectivity index is 0.000000293. The molecule has 0 radical (unpaired) electrons. The smallest absolute Gasteiger partial charge is 0.303 e. The molecule has 7 nitrogen and oxygen atoms in total. The molecule has 0 aromatic rings. The number of rotatable bonds is 7. The largest absolute Gasteiger partial charge is 0.481 e. The SMILES string of the molecule is CC(C)C[C@H](CN)CC(=O)O.CC12CCC(C(Br)C1=O)C2(C)CS(=O)(=O)O. The monoisotopic (exact) mass is 469 g/mol. The van der Waals surface area contributed by atoms with Crippen molar-refractivity contribution in [2.24, 2.45) is 34.3 Å². The van der Waals surface area contributed by atoms with E-state index in [0.717, 1.165) is 12.8 Å². The molecule has 5 atom stereocenters. The van der Waals surface area contributed by atoms with Crippen LogP contribution < -0.4 is 5.73 Å². The Bertz CT molecular complexity index is 667. The van der Waals surface area contributed by atoms with Gasteiger partial charge in [-0.05, 0) is 43.6 Å². The molecule has 0 heterocycles. The van der Waals surface area contributed by atoms with E-state index in [2.05, 4.69) is 29.8 Å². The number of aliphatic carboxylic acids is 1. The Hall–Kier alpha value is -0.510. The number of hydrogen-bond acceptors (Lipinski definition) is 5. The van der Waals surface area contributed by atoms with Crippen LogP contribution in [0.25, 0.3) is 0 Å². The second kappa shape index (κ2) is 8.88. The molecule has 2 bridgehead atoms. The van der Waals surface area contributed by atoms with Crippen molar-refractivity contribution in [2.75, 3.05) is 12.3 Å². The molecule has 158 valence electrons. The third-order valence-corrected chi connectivity index (χ3v) is 8.28. The van der Waals surface area contributed by atoms with Gasteiger partial charge in [-0.1, -0.05) is 43.6 Å². The maximum Gasteiger partial charge on any atom is 0.303 e. The Morgan fingerprint density at radius 1 is 1.37 bits per heavy atom. The van der Waals surface area contributed by atoms with E-state index in [0.29, 0.717) is 18.9 Å². The second-order valence-corrected chi connectivity index (χ2v) is 11.2. The van der Waals surface area contributed by atoms with Crippen LogP contribution in [0, 0.1) is 28.6 Å². The van der Waals surface area contributed by atoms with Crippen LogP contribution in [-0.2, 0) is 19.7 Å². The summed E-state index contributed by atoms with van der Waals surface area (Å²) in [6.45, 7) is 8.25. The molecule has 0 saturated heterocycles. The van der Waals surface area contributed by atoms with Gasteiger partial charge in [-0.15, -0.1) is 0 Å². The predicted molar refractivity (Wildman–Crippen MR) is 107 cm³/mol. The number of nitrogens with two attached hydrogens (primary N) is 1. The zero-order valence-corrected chi connectivity index (χ0v) is 18.8. The fourth-order valence-electron chi connectivity index (χ4n) is 4.64. The number of carbonyl (C=O) groups is 2.